The van der Waals surface area contributed by atoms with Gasteiger partial charge in [-0.2, -0.15) is 15.2 Å². The number of carbonyl (C=O) groups is 1. The predicted molar refractivity (Wildman–Crippen MR) is 93.0 cm³/mol. The van der Waals surface area contributed by atoms with E-state index in [1.807, 2.05) is 19.0 Å². The van der Waals surface area contributed by atoms with Crippen LogP contribution in [0, 0.1) is 12.7 Å². The van der Waals surface area contributed by atoms with Crippen LogP contribution in [0.3, 0.4) is 0 Å². The summed E-state index contributed by atoms with van der Waals surface area (Å²) < 4.78 is 13.6. The van der Waals surface area contributed by atoms with Crippen molar-refractivity contribution in [3.63, 3.8) is 0 Å². The monoisotopic (exact) mass is 344 g/mol. The third-order valence-electron chi connectivity index (χ3n) is 3.67. The van der Waals surface area contributed by atoms with Crippen LogP contribution in [0.2, 0.25) is 0 Å². The highest BCUT2D eigenvalue weighted by Crippen LogP contribution is 2.28. The highest BCUT2D eigenvalue weighted by Gasteiger charge is 2.19. The number of nitrogen functional groups attached to an aromatic ring is 1. The van der Waals surface area contributed by atoms with Gasteiger partial charge < -0.3 is 16.8 Å². The van der Waals surface area contributed by atoms with Gasteiger partial charge in [0.15, 0.2) is 11.6 Å². The second kappa shape index (κ2) is 6.32. The molecular formula is C15H17FN8O. The average Bonchev–Trinajstić information content (AvgIpc) is 2.98. The van der Waals surface area contributed by atoms with Crippen molar-refractivity contribution in [2.75, 3.05) is 29.8 Å². The van der Waals surface area contributed by atoms with Gasteiger partial charge in [0.05, 0.1) is 29.7 Å². The van der Waals surface area contributed by atoms with Gasteiger partial charge in [-0.25, -0.2) is 9.37 Å². The van der Waals surface area contributed by atoms with E-state index in [0.717, 1.165) is 17.4 Å². The first-order valence-electron chi connectivity index (χ1n) is 7.40. The molecule has 0 saturated carbocycles. The van der Waals surface area contributed by atoms with Gasteiger partial charge in [0, 0.05) is 13.3 Å². The van der Waals surface area contributed by atoms with Gasteiger partial charge in [-0.3, -0.25) is 9.78 Å². The number of nitrogens with two attached hydrogens (primary N) is 2. The lowest BCUT2D eigenvalue weighted by molar-refractivity contribution is 0.100. The van der Waals surface area contributed by atoms with Gasteiger partial charge in [-0.05, 0) is 19.1 Å². The highest BCUT2D eigenvalue weighted by atomic mass is 19.1. The van der Waals surface area contributed by atoms with E-state index in [0.29, 0.717) is 12.2 Å². The molecule has 2 aromatic heterocycles. The number of hydrazone groups is 1. The van der Waals surface area contributed by atoms with Crippen molar-refractivity contribution < 1.29 is 9.18 Å². The van der Waals surface area contributed by atoms with Gasteiger partial charge in [-0.1, -0.05) is 0 Å². The molecule has 0 aromatic carbocycles. The van der Waals surface area contributed by atoms with Crippen molar-refractivity contribution >= 4 is 35.1 Å². The molecule has 0 bridgehead atoms. The van der Waals surface area contributed by atoms with Crippen LogP contribution in [-0.4, -0.2) is 40.7 Å². The summed E-state index contributed by atoms with van der Waals surface area (Å²) in [6.07, 6.45) is 3.33. The summed E-state index contributed by atoms with van der Waals surface area (Å²) in [7, 11) is 1.89. The molecule has 2 aromatic rings. The van der Waals surface area contributed by atoms with Crippen LogP contribution in [0.25, 0.3) is 0 Å². The van der Waals surface area contributed by atoms with E-state index in [-0.39, 0.29) is 17.2 Å². The summed E-state index contributed by atoms with van der Waals surface area (Å²) in [6, 6.07) is 2.74. The zero-order valence-electron chi connectivity index (χ0n) is 13.7. The Morgan fingerprint density at radius 3 is 2.80 bits per heavy atom. The maximum Gasteiger partial charge on any atom is 0.252 e. The number of nitrogens with one attached hydrogen (secondary N) is 1. The Hall–Kier alpha value is -3.27. The number of aryl methyl sites for hydroxylation is 1. The van der Waals surface area contributed by atoms with Crippen molar-refractivity contribution in [2.24, 2.45) is 10.8 Å². The molecule has 0 aliphatic carbocycles. The van der Waals surface area contributed by atoms with Crippen molar-refractivity contribution in [1.82, 2.24) is 15.0 Å². The topological polar surface area (TPSA) is 126 Å². The summed E-state index contributed by atoms with van der Waals surface area (Å²) in [5.74, 6) is -1.91. The van der Waals surface area contributed by atoms with Crippen LogP contribution in [0.4, 0.5) is 27.4 Å². The van der Waals surface area contributed by atoms with E-state index in [9.17, 15) is 9.18 Å². The fourth-order valence-corrected chi connectivity index (χ4v) is 2.36. The summed E-state index contributed by atoms with van der Waals surface area (Å²) in [5, 5.41) is 10.8. The van der Waals surface area contributed by atoms with Crippen molar-refractivity contribution in [3.8, 4) is 0 Å². The third-order valence-corrected chi connectivity index (χ3v) is 3.67. The molecule has 10 heteroatoms. The van der Waals surface area contributed by atoms with Crippen molar-refractivity contribution in [1.29, 1.82) is 0 Å². The van der Waals surface area contributed by atoms with Gasteiger partial charge in [0.2, 0.25) is 0 Å². The predicted octanol–water partition coefficient (Wildman–Crippen LogP) is 1.00. The SMILES string of the molecule is Cc1ncc(Nc2nc(N)c(F)cc2C(N)=O)cc1N1N=CCN1C. The van der Waals surface area contributed by atoms with Gasteiger partial charge in [-0.15, -0.1) is 0 Å². The van der Waals surface area contributed by atoms with Crippen molar-refractivity contribution in [2.45, 2.75) is 6.92 Å². The Morgan fingerprint density at radius 1 is 1.40 bits per heavy atom. The van der Waals surface area contributed by atoms with E-state index in [2.05, 4.69) is 20.4 Å². The number of carbonyl (C=O) groups excluding carboxylic acids is 1. The molecule has 1 aliphatic rings. The summed E-state index contributed by atoms with van der Waals surface area (Å²) in [6.45, 7) is 2.53. The molecule has 0 saturated heterocycles. The smallest absolute Gasteiger partial charge is 0.252 e. The number of primary amides is 1. The van der Waals surface area contributed by atoms with Crippen LogP contribution in [0.1, 0.15) is 16.1 Å². The molecule has 130 valence electrons. The Labute approximate surface area is 143 Å². The number of pyridine rings is 2. The normalized spacial score (nSPS) is 14.1. The molecule has 3 heterocycles. The fraction of sp³-hybridized carbons (Fsp3) is 0.200. The fourth-order valence-electron chi connectivity index (χ4n) is 2.36. The first kappa shape index (κ1) is 16.6. The molecule has 5 N–H and O–H groups in total. The average molecular weight is 344 g/mol. The molecule has 3 rings (SSSR count). The number of hydrogen-bond donors (Lipinski definition) is 3. The lowest BCUT2D eigenvalue weighted by atomic mass is 10.2. The minimum atomic E-state index is -0.821. The first-order valence-corrected chi connectivity index (χ1v) is 7.40. The molecule has 0 atom stereocenters. The highest BCUT2D eigenvalue weighted by molar-refractivity contribution is 5.98. The molecule has 0 unspecified atom stereocenters. The van der Waals surface area contributed by atoms with Crippen LogP contribution in [0.5, 0.6) is 0 Å². The molecule has 0 spiro atoms. The number of amides is 1. The molecule has 1 aliphatic heterocycles. The Morgan fingerprint density at radius 2 is 2.16 bits per heavy atom. The first-order chi connectivity index (χ1) is 11.9. The molecule has 25 heavy (non-hydrogen) atoms. The second-order valence-electron chi connectivity index (χ2n) is 5.50. The minimum absolute atomic E-state index is 0.0567. The summed E-state index contributed by atoms with van der Waals surface area (Å²) >= 11 is 0. The lowest BCUT2D eigenvalue weighted by Gasteiger charge is -2.24. The number of aromatic nitrogens is 2. The molecule has 1 amide bonds. The Balaban J connectivity index is 1.98. The summed E-state index contributed by atoms with van der Waals surface area (Å²) in [4.78, 5) is 19.7. The number of nitrogens with zero attached hydrogens (tertiary/aromatic N) is 5. The van der Waals surface area contributed by atoms with E-state index < -0.39 is 11.7 Å². The quantitative estimate of drug-likeness (QED) is 0.755. The second-order valence-corrected chi connectivity index (χ2v) is 5.50. The van der Waals surface area contributed by atoms with E-state index in [1.165, 1.54) is 0 Å². The van der Waals surface area contributed by atoms with Crippen LogP contribution in [-0.2, 0) is 0 Å². The number of hydrogen-bond acceptors (Lipinski definition) is 8. The van der Waals surface area contributed by atoms with Crippen LogP contribution in [0.15, 0.2) is 23.4 Å². The number of halogens is 1. The van der Waals surface area contributed by atoms with Crippen molar-refractivity contribution in [3.05, 3.63) is 35.4 Å². The van der Waals surface area contributed by atoms with E-state index in [1.54, 1.807) is 23.6 Å². The Bertz CT molecular complexity index is 869. The van der Waals surface area contributed by atoms with Gasteiger partial charge in [0.25, 0.3) is 5.91 Å². The molecule has 0 fully saturated rings. The zero-order chi connectivity index (χ0) is 18.1. The molecule has 9 nitrogen and oxygen atoms in total. The van der Waals surface area contributed by atoms with E-state index >= 15 is 0 Å². The zero-order valence-corrected chi connectivity index (χ0v) is 13.7. The molecule has 0 radical (unpaired) electrons. The number of anilines is 4. The third kappa shape index (κ3) is 3.19. The maximum absolute atomic E-state index is 13.6. The van der Waals surface area contributed by atoms with Crippen LogP contribution < -0.4 is 21.9 Å². The lowest BCUT2D eigenvalue weighted by Crippen LogP contribution is -2.32. The molecular weight excluding hydrogens is 327 g/mol. The minimum Gasteiger partial charge on any atom is -0.381 e. The van der Waals surface area contributed by atoms with Gasteiger partial charge in [0.1, 0.15) is 11.5 Å². The number of rotatable bonds is 4. The van der Waals surface area contributed by atoms with Gasteiger partial charge >= 0.3 is 0 Å². The standard InChI is InChI=1S/C15H17FN8O/c1-8-12(24-20-3-4-23(24)2)5-9(7-19-8)21-15-10(14(18)25)6-11(16)13(17)22-15/h3,5-7H,4H2,1-2H3,(H2,18,25)(H3,17,21,22). The van der Waals surface area contributed by atoms with Crippen LogP contribution >= 0.6 is 0 Å². The number of hydrazine groups is 1. The largest absolute Gasteiger partial charge is 0.381 e. The Kier molecular flexibility index (Phi) is 4.19. The maximum atomic E-state index is 13.6. The summed E-state index contributed by atoms with van der Waals surface area (Å²) in [5.41, 5.74) is 12.7. The van der Waals surface area contributed by atoms with E-state index in [4.69, 9.17) is 11.5 Å².